The van der Waals surface area contributed by atoms with E-state index in [4.69, 9.17) is 9.84 Å². The third kappa shape index (κ3) is 5.04. The molecule has 0 saturated heterocycles. The number of nitrogens with zero attached hydrogens (tertiary/aromatic N) is 2. The van der Waals surface area contributed by atoms with Gasteiger partial charge in [-0.25, -0.2) is 4.98 Å². The van der Waals surface area contributed by atoms with Crippen molar-refractivity contribution in [1.82, 2.24) is 9.88 Å². The summed E-state index contributed by atoms with van der Waals surface area (Å²) in [6, 6.07) is 7.84. The summed E-state index contributed by atoms with van der Waals surface area (Å²) in [6.07, 6.45) is 0.111. The second-order valence-electron chi connectivity index (χ2n) is 6.12. The maximum absolute atomic E-state index is 11.0. The van der Waals surface area contributed by atoms with Crippen LogP contribution < -0.4 is 4.74 Å². The Balaban J connectivity index is 2.15. The molecule has 1 atom stereocenters. The first-order valence-electron chi connectivity index (χ1n) is 7.94. The van der Waals surface area contributed by atoms with E-state index in [9.17, 15) is 4.79 Å². The minimum atomic E-state index is -0.788. The van der Waals surface area contributed by atoms with Crippen molar-refractivity contribution in [1.29, 1.82) is 0 Å². The van der Waals surface area contributed by atoms with E-state index < -0.39 is 5.97 Å². The smallest absolute Gasteiger partial charge is 0.303 e. The zero-order valence-electron chi connectivity index (χ0n) is 14.6. The fourth-order valence-electron chi connectivity index (χ4n) is 2.39. The Kier molecular flexibility index (Phi) is 6.34. The van der Waals surface area contributed by atoms with Crippen molar-refractivity contribution in [3.63, 3.8) is 0 Å². The minimum Gasteiger partial charge on any atom is -0.492 e. The summed E-state index contributed by atoms with van der Waals surface area (Å²) in [4.78, 5) is 18.7. The summed E-state index contributed by atoms with van der Waals surface area (Å²) < 4.78 is 5.71. The first-order chi connectivity index (χ1) is 11.4. The highest BCUT2D eigenvalue weighted by atomic mass is 32.1. The molecule has 0 aliphatic carbocycles. The maximum atomic E-state index is 11.0. The SMILES string of the molecule is Cc1nc(-c2ccc(OCCN(C)C)cc2)c(C(C)CC(=O)O)s1. The third-order valence-electron chi connectivity index (χ3n) is 3.62. The van der Waals surface area contributed by atoms with Gasteiger partial charge in [-0.2, -0.15) is 0 Å². The monoisotopic (exact) mass is 348 g/mol. The van der Waals surface area contributed by atoms with Crippen molar-refractivity contribution in [3.05, 3.63) is 34.2 Å². The van der Waals surface area contributed by atoms with Gasteiger partial charge in [-0.05, 0) is 45.3 Å². The Morgan fingerprint density at radius 2 is 2.00 bits per heavy atom. The van der Waals surface area contributed by atoms with E-state index in [0.717, 1.165) is 33.4 Å². The molecule has 0 aliphatic heterocycles. The molecular weight excluding hydrogens is 324 g/mol. The van der Waals surface area contributed by atoms with Gasteiger partial charge in [-0.3, -0.25) is 4.79 Å². The fourth-order valence-corrected chi connectivity index (χ4v) is 3.39. The predicted molar refractivity (Wildman–Crippen MR) is 97.0 cm³/mol. The van der Waals surface area contributed by atoms with Gasteiger partial charge in [0, 0.05) is 22.9 Å². The van der Waals surface area contributed by atoms with Crippen LogP contribution in [0.3, 0.4) is 0 Å². The second-order valence-corrected chi connectivity index (χ2v) is 7.36. The van der Waals surface area contributed by atoms with Gasteiger partial charge in [-0.1, -0.05) is 6.92 Å². The highest BCUT2D eigenvalue weighted by Crippen LogP contribution is 2.35. The van der Waals surface area contributed by atoms with Gasteiger partial charge in [-0.15, -0.1) is 11.3 Å². The maximum Gasteiger partial charge on any atom is 0.303 e. The van der Waals surface area contributed by atoms with Crippen LogP contribution in [-0.4, -0.2) is 48.2 Å². The lowest BCUT2D eigenvalue weighted by Crippen LogP contribution is -2.19. The van der Waals surface area contributed by atoms with Crippen molar-refractivity contribution in [2.45, 2.75) is 26.2 Å². The normalized spacial score (nSPS) is 12.4. The Bertz CT molecular complexity index is 680. The number of hydrogen-bond acceptors (Lipinski definition) is 5. The van der Waals surface area contributed by atoms with E-state index in [1.54, 1.807) is 11.3 Å². The van der Waals surface area contributed by atoms with Crippen LogP contribution in [-0.2, 0) is 4.79 Å². The number of rotatable bonds is 8. The molecule has 2 aromatic rings. The number of aryl methyl sites for hydroxylation is 1. The van der Waals surface area contributed by atoms with Crippen molar-refractivity contribution < 1.29 is 14.6 Å². The molecule has 1 heterocycles. The van der Waals surface area contributed by atoms with E-state index >= 15 is 0 Å². The van der Waals surface area contributed by atoms with Crippen LogP contribution >= 0.6 is 11.3 Å². The van der Waals surface area contributed by atoms with Crippen LogP contribution in [0.2, 0.25) is 0 Å². The molecule has 0 bridgehead atoms. The number of carboxylic acids is 1. The van der Waals surface area contributed by atoms with Gasteiger partial charge in [0.2, 0.25) is 0 Å². The van der Waals surface area contributed by atoms with Crippen LogP contribution in [0.4, 0.5) is 0 Å². The van der Waals surface area contributed by atoms with Crippen LogP contribution in [0.5, 0.6) is 5.75 Å². The molecule has 0 saturated carbocycles. The van der Waals surface area contributed by atoms with Gasteiger partial charge < -0.3 is 14.7 Å². The van der Waals surface area contributed by atoms with Crippen LogP contribution in [0, 0.1) is 6.92 Å². The van der Waals surface area contributed by atoms with Crippen molar-refractivity contribution in [2.75, 3.05) is 27.2 Å². The molecule has 5 nitrogen and oxygen atoms in total. The first kappa shape index (κ1) is 18.4. The van der Waals surface area contributed by atoms with Gasteiger partial charge in [0.1, 0.15) is 12.4 Å². The summed E-state index contributed by atoms with van der Waals surface area (Å²) >= 11 is 1.57. The Hall–Kier alpha value is -1.92. The van der Waals surface area contributed by atoms with Gasteiger partial charge >= 0.3 is 5.97 Å². The Morgan fingerprint density at radius 3 is 2.58 bits per heavy atom. The number of likely N-dealkylation sites (N-methyl/N-ethyl adjacent to an activating group) is 1. The molecule has 2 rings (SSSR count). The molecule has 1 aromatic heterocycles. The van der Waals surface area contributed by atoms with Crippen LogP contribution in [0.25, 0.3) is 11.3 Å². The lowest BCUT2D eigenvalue weighted by molar-refractivity contribution is -0.137. The standard InChI is InChI=1S/C18H24N2O3S/c1-12(11-16(21)22)18-17(19-13(2)24-18)14-5-7-15(8-6-14)23-10-9-20(3)4/h5-8,12H,9-11H2,1-4H3,(H,21,22). The van der Waals surface area contributed by atoms with Crippen LogP contribution in [0.15, 0.2) is 24.3 Å². The number of thiazole rings is 1. The van der Waals surface area contributed by atoms with Crippen molar-refractivity contribution in [2.24, 2.45) is 0 Å². The summed E-state index contributed by atoms with van der Waals surface area (Å²) in [5.74, 6) is -0.0171. The highest BCUT2D eigenvalue weighted by Gasteiger charge is 2.19. The molecule has 1 aromatic carbocycles. The molecule has 0 spiro atoms. The average Bonchev–Trinajstić information content (AvgIpc) is 2.89. The minimum absolute atomic E-state index is 0.0558. The molecule has 0 aliphatic rings. The molecule has 1 unspecified atom stereocenters. The van der Waals surface area contributed by atoms with Gasteiger partial charge in [0.05, 0.1) is 17.1 Å². The first-order valence-corrected chi connectivity index (χ1v) is 8.75. The Morgan fingerprint density at radius 1 is 1.33 bits per heavy atom. The number of carbonyl (C=O) groups is 1. The average molecular weight is 348 g/mol. The number of benzene rings is 1. The van der Waals surface area contributed by atoms with Gasteiger partial charge in [0.25, 0.3) is 0 Å². The lowest BCUT2D eigenvalue weighted by atomic mass is 10.0. The number of carboxylic acid groups (broad SMARTS) is 1. The number of aliphatic carboxylic acids is 1. The molecule has 1 N–H and O–H groups in total. The molecule has 0 amide bonds. The summed E-state index contributed by atoms with van der Waals surface area (Å²) in [5, 5.41) is 9.98. The van der Waals surface area contributed by atoms with Crippen LogP contribution in [0.1, 0.15) is 29.1 Å². The third-order valence-corrected chi connectivity index (χ3v) is 4.83. The van der Waals surface area contributed by atoms with E-state index in [-0.39, 0.29) is 12.3 Å². The zero-order valence-corrected chi connectivity index (χ0v) is 15.4. The second kappa shape index (κ2) is 8.26. The topological polar surface area (TPSA) is 62.7 Å². The summed E-state index contributed by atoms with van der Waals surface area (Å²) in [6.45, 7) is 5.39. The summed E-state index contributed by atoms with van der Waals surface area (Å²) in [7, 11) is 4.02. The zero-order chi connectivity index (χ0) is 17.7. The number of aromatic nitrogens is 1. The van der Waals surface area contributed by atoms with E-state index in [1.165, 1.54) is 0 Å². The number of hydrogen-bond donors (Lipinski definition) is 1. The predicted octanol–water partition coefficient (Wildman–Crippen LogP) is 3.64. The van der Waals surface area contributed by atoms with E-state index in [0.29, 0.717) is 6.61 Å². The lowest BCUT2D eigenvalue weighted by Gasteiger charge is -2.12. The van der Waals surface area contributed by atoms with Crippen molar-refractivity contribution in [3.8, 4) is 17.0 Å². The molecular formula is C18H24N2O3S. The molecule has 24 heavy (non-hydrogen) atoms. The molecule has 0 radical (unpaired) electrons. The highest BCUT2D eigenvalue weighted by molar-refractivity contribution is 7.12. The molecule has 6 heteroatoms. The quantitative estimate of drug-likeness (QED) is 0.789. The fraction of sp³-hybridized carbons (Fsp3) is 0.444. The largest absolute Gasteiger partial charge is 0.492 e. The van der Waals surface area contributed by atoms with Crippen molar-refractivity contribution >= 4 is 17.3 Å². The summed E-state index contributed by atoms with van der Waals surface area (Å²) in [5.41, 5.74) is 1.87. The van der Waals surface area contributed by atoms with E-state index in [1.807, 2.05) is 52.2 Å². The molecule has 0 fully saturated rings. The van der Waals surface area contributed by atoms with E-state index in [2.05, 4.69) is 9.88 Å². The Labute approximate surface area is 146 Å². The molecule has 130 valence electrons. The number of ether oxygens (including phenoxy) is 1. The van der Waals surface area contributed by atoms with Gasteiger partial charge in [0.15, 0.2) is 0 Å².